The lowest BCUT2D eigenvalue weighted by Crippen LogP contribution is -2.00. The van der Waals surface area contributed by atoms with E-state index in [2.05, 4.69) is 23.4 Å². The van der Waals surface area contributed by atoms with Gasteiger partial charge in [-0.05, 0) is 18.4 Å². The van der Waals surface area contributed by atoms with E-state index in [1.54, 1.807) is 11.8 Å². The third-order valence-corrected chi connectivity index (χ3v) is 4.69. The SMILES string of the molecule is CSc1cc2nc(C(=O)c3ccccc3)cn2c2ccccc12. The summed E-state index contributed by atoms with van der Waals surface area (Å²) in [4.78, 5) is 18.3. The van der Waals surface area contributed by atoms with Crippen molar-refractivity contribution in [3.63, 3.8) is 0 Å². The Hall–Kier alpha value is -2.59. The topological polar surface area (TPSA) is 34.4 Å². The van der Waals surface area contributed by atoms with Crippen molar-refractivity contribution in [2.24, 2.45) is 0 Å². The minimum Gasteiger partial charge on any atom is -0.299 e. The molecular formula is C19H14N2OS. The van der Waals surface area contributed by atoms with Crippen LogP contribution in [0.15, 0.2) is 71.8 Å². The second kappa shape index (κ2) is 5.56. The van der Waals surface area contributed by atoms with Crippen LogP contribution in [0.3, 0.4) is 0 Å². The molecule has 0 amide bonds. The quantitative estimate of drug-likeness (QED) is 0.414. The van der Waals surface area contributed by atoms with Crippen LogP contribution >= 0.6 is 11.8 Å². The minimum atomic E-state index is -0.0518. The predicted octanol–water partition coefficient (Wildman–Crippen LogP) is 4.44. The molecule has 0 saturated carbocycles. The largest absolute Gasteiger partial charge is 0.299 e. The molecule has 0 aliphatic heterocycles. The number of hydrogen-bond donors (Lipinski definition) is 0. The number of para-hydroxylation sites is 1. The van der Waals surface area contributed by atoms with Crippen molar-refractivity contribution in [2.45, 2.75) is 4.90 Å². The maximum Gasteiger partial charge on any atom is 0.212 e. The van der Waals surface area contributed by atoms with E-state index >= 15 is 0 Å². The van der Waals surface area contributed by atoms with Gasteiger partial charge in [0.1, 0.15) is 11.3 Å². The van der Waals surface area contributed by atoms with Gasteiger partial charge in [0, 0.05) is 22.0 Å². The molecular weight excluding hydrogens is 304 g/mol. The Balaban J connectivity index is 1.95. The van der Waals surface area contributed by atoms with E-state index in [-0.39, 0.29) is 5.78 Å². The molecule has 2 aromatic carbocycles. The molecule has 0 saturated heterocycles. The van der Waals surface area contributed by atoms with Crippen LogP contribution in [0, 0.1) is 0 Å². The van der Waals surface area contributed by atoms with Gasteiger partial charge in [-0.25, -0.2) is 4.98 Å². The third-order valence-electron chi connectivity index (χ3n) is 3.91. The summed E-state index contributed by atoms with van der Waals surface area (Å²) in [6, 6.07) is 19.5. The fourth-order valence-electron chi connectivity index (χ4n) is 2.79. The fourth-order valence-corrected chi connectivity index (χ4v) is 3.41. The molecule has 0 unspecified atom stereocenters. The van der Waals surface area contributed by atoms with E-state index in [1.165, 1.54) is 5.39 Å². The number of rotatable bonds is 3. The maximum absolute atomic E-state index is 12.6. The van der Waals surface area contributed by atoms with Crippen LogP contribution in [-0.4, -0.2) is 21.4 Å². The van der Waals surface area contributed by atoms with E-state index in [0.29, 0.717) is 11.3 Å². The van der Waals surface area contributed by atoms with Crippen LogP contribution in [0.25, 0.3) is 16.6 Å². The number of imidazole rings is 1. The Labute approximate surface area is 138 Å². The molecule has 0 bridgehead atoms. The second-order valence-electron chi connectivity index (χ2n) is 5.28. The molecule has 0 aliphatic rings. The first kappa shape index (κ1) is 14.0. The molecule has 112 valence electrons. The van der Waals surface area contributed by atoms with E-state index in [1.807, 2.05) is 59.1 Å². The zero-order valence-electron chi connectivity index (χ0n) is 12.6. The van der Waals surface area contributed by atoms with Crippen molar-refractivity contribution in [2.75, 3.05) is 6.26 Å². The van der Waals surface area contributed by atoms with Crippen LogP contribution in [0.1, 0.15) is 16.1 Å². The molecule has 3 nitrogen and oxygen atoms in total. The molecule has 4 rings (SSSR count). The number of thioether (sulfide) groups is 1. The van der Waals surface area contributed by atoms with Crippen LogP contribution in [0.2, 0.25) is 0 Å². The fraction of sp³-hybridized carbons (Fsp3) is 0.0526. The van der Waals surface area contributed by atoms with Gasteiger partial charge in [0.15, 0.2) is 0 Å². The first-order valence-electron chi connectivity index (χ1n) is 7.32. The van der Waals surface area contributed by atoms with Crippen molar-refractivity contribution in [1.82, 2.24) is 9.38 Å². The van der Waals surface area contributed by atoms with Crippen LogP contribution < -0.4 is 0 Å². The predicted molar refractivity (Wildman–Crippen MR) is 94.4 cm³/mol. The van der Waals surface area contributed by atoms with Crippen molar-refractivity contribution in [1.29, 1.82) is 0 Å². The van der Waals surface area contributed by atoms with Gasteiger partial charge in [0.05, 0.1) is 5.52 Å². The van der Waals surface area contributed by atoms with Gasteiger partial charge in [0.25, 0.3) is 0 Å². The Morgan fingerprint density at radius 2 is 1.78 bits per heavy atom. The van der Waals surface area contributed by atoms with Gasteiger partial charge in [-0.2, -0.15) is 0 Å². The molecule has 2 heterocycles. The summed E-state index contributed by atoms with van der Waals surface area (Å²) in [6.07, 6.45) is 3.88. The zero-order chi connectivity index (χ0) is 15.8. The lowest BCUT2D eigenvalue weighted by atomic mass is 10.1. The summed E-state index contributed by atoms with van der Waals surface area (Å²) in [5.74, 6) is -0.0518. The molecule has 2 aromatic heterocycles. The summed E-state index contributed by atoms with van der Waals surface area (Å²) in [7, 11) is 0. The average Bonchev–Trinajstić information content (AvgIpc) is 3.05. The average molecular weight is 318 g/mol. The molecule has 0 fully saturated rings. The zero-order valence-corrected chi connectivity index (χ0v) is 13.4. The van der Waals surface area contributed by atoms with Crippen LogP contribution in [0.4, 0.5) is 0 Å². The van der Waals surface area contributed by atoms with Gasteiger partial charge in [-0.3, -0.25) is 9.20 Å². The smallest absolute Gasteiger partial charge is 0.212 e. The highest BCUT2D eigenvalue weighted by molar-refractivity contribution is 7.98. The number of nitrogens with zero attached hydrogens (tertiary/aromatic N) is 2. The number of benzene rings is 2. The number of carbonyl (C=O) groups is 1. The maximum atomic E-state index is 12.6. The molecule has 23 heavy (non-hydrogen) atoms. The molecule has 0 atom stereocenters. The number of hydrogen-bond acceptors (Lipinski definition) is 3. The Kier molecular flexibility index (Phi) is 3.39. The first-order valence-corrected chi connectivity index (χ1v) is 8.55. The lowest BCUT2D eigenvalue weighted by molar-refractivity contribution is 0.103. The van der Waals surface area contributed by atoms with Crippen molar-refractivity contribution in [3.8, 4) is 0 Å². The molecule has 4 heteroatoms. The molecule has 0 aliphatic carbocycles. The highest BCUT2D eigenvalue weighted by Crippen LogP contribution is 2.28. The highest BCUT2D eigenvalue weighted by Gasteiger charge is 2.15. The second-order valence-corrected chi connectivity index (χ2v) is 6.13. The molecule has 0 radical (unpaired) electrons. The van der Waals surface area contributed by atoms with Gasteiger partial charge in [-0.1, -0.05) is 48.5 Å². The standard InChI is InChI=1S/C19H14N2OS/c1-23-17-11-18-20-15(19(22)13-7-3-2-4-8-13)12-21(18)16-10-6-5-9-14(16)17/h2-12H,1H3. The van der Waals surface area contributed by atoms with Crippen molar-refractivity contribution < 1.29 is 4.79 Å². The normalized spacial score (nSPS) is 11.2. The Bertz CT molecular complexity index is 1020. The number of pyridine rings is 1. The lowest BCUT2D eigenvalue weighted by Gasteiger charge is -2.06. The summed E-state index contributed by atoms with van der Waals surface area (Å²) < 4.78 is 1.99. The number of carbonyl (C=O) groups excluding carboxylic acids is 1. The van der Waals surface area contributed by atoms with Crippen molar-refractivity contribution in [3.05, 3.63) is 78.1 Å². The highest BCUT2D eigenvalue weighted by atomic mass is 32.2. The summed E-state index contributed by atoms with van der Waals surface area (Å²) >= 11 is 1.69. The third kappa shape index (κ3) is 2.32. The molecule has 4 aromatic rings. The monoisotopic (exact) mass is 318 g/mol. The minimum absolute atomic E-state index is 0.0518. The van der Waals surface area contributed by atoms with Crippen LogP contribution in [-0.2, 0) is 0 Å². The van der Waals surface area contributed by atoms with E-state index < -0.39 is 0 Å². The van der Waals surface area contributed by atoms with E-state index in [0.717, 1.165) is 16.1 Å². The summed E-state index contributed by atoms with van der Waals surface area (Å²) in [6.45, 7) is 0. The van der Waals surface area contributed by atoms with Crippen LogP contribution in [0.5, 0.6) is 0 Å². The van der Waals surface area contributed by atoms with Gasteiger partial charge >= 0.3 is 0 Å². The number of fused-ring (bicyclic) bond motifs is 3. The number of aromatic nitrogens is 2. The number of ketones is 1. The van der Waals surface area contributed by atoms with Gasteiger partial charge in [-0.15, -0.1) is 11.8 Å². The summed E-state index contributed by atoms with van der Waals surface area (Å²) in [5, 5.41) is 1.17. The Morgan fingerprint density at radius 1 is 1.04 bits per heavy atom. The molecule has 0 spiro atoms. The van der Waals surface area contributed by atoms with Gasteiger partial charge < -0.3 is 0 Å². The Morgan fingerprint density at radius 3 is 2.57 bits per heavy atom. The van der Waals surface area contributed by atoms with E-state index in [4.69, 9.17) is 0 Å². The summed E-state index contributed by atoms with van der Waals surface area (Å²) in [5.41, 5.74) is 2.99. The first-order chi connectivity index (χ1) is 11.3. The van der Waals surface area contributed by atoms with E-state index in [9.17, 15) is 4.79 Å². The van der Waals surface area contributed by atoms with Crippen molar-refractivity contribution >= 4 is 34.1 Å². The molecule has 0 N–H and O–H groups in total. The van der Waals surface area contributed by atoms with Gasteiger partial charge in [0.2, 0.25) is 5.78 Å².